The predicted octanol–water partition coefficient (Wildman–Crippen LogP) is -0.395. The fraction of sp³-hybridized carbons (Fsp3) is 0. The fourth-order valence-corrected chi connectivity index (χ4v) is 0.961. The van der Waals surface area contributed by atoms with Crippen molar-refractivity contribution in [2.75, 3.05) is 5.73 Å². The highest BCUT2D eigenvalue weighted by Crippen LogP contribution is 2.00. The molecule has 0 radical (unpaired) electrons. The molecule has 2 aromatic heterocycles. The van der Waals surface area contributed by atoms with Gasteiger partial charge in [-0.05, 0) is 0 Å². The maximum atomic E-state index is 11.0. The van der Waals surface area contributed by atoms with Crippen molar-refractivity contribution in [3.63, 3.8) is 0 Å². The maximum absolute atomic E-state index is 11.0. The smallest absolute Gasteiger partial charge is 0.273 e. The summed E-state index contributed by atoms with van der Waals surface area (Å²) in [5.41, 5.74) is 5.72. The van der Waals surface area contributed by atoms with Crippen molar-refractivity contribution in [2.45, 2.75) is 0 Å². The van der Waals surface area contributed by atoms with Crippen LogP contribution in [0.2, 0.25) is 0 Å². The molecule has 0 unspecified atom stereocenters. The first-order chi connectivity index (χ1) is 5.29. The first-order valence-corrected chi connectivity index (χ1v) is 3.09. The van der Waals surface area contributed by atoms with Crippen molar-refractivity contribution < 1.29 is 0 Å². The molecular weight excluding hydrogens is 144 g/mol. The SMILES string of the molecule is Nc1ncc2c(=O)[nH]ccn12. The number of nitrogens with two attached hydrogens (primary N) is 1. The van der Waals surface area contributed by atoms with Crippen LogP contribution >= 0.6 is 0 Å². The Kier molecular flexibility index (Phi) is 1.00. The molecule has 2 heterocycles. The monoisotopic (exact) mass is 150 g/mol. The van der Waals surface area contributed by atoms with Gasteiger partial charge in [0, 0.05) is 12.4 Å². The quantitative estimate of drug-likeness (QED) is 0.536. The minimum absolute atomic E-state index is 0.184. The molecule has 0 fully saturated rings. The second-order valence-electron chi connectivity index (χ2n) is 2.16. The van der Waals surface area contributed by atoms with Gasteiger partial charge in [0.15, 0.2) is 0 Å². The minimum Gasteiger partial charge on any atom is -0.369 e. The maximum Gasteiger partial charge on any atom is 0.273 e. The zero-order chi connectivity index (χ0) is 7.84. The molecule has 0 aromatic carbocycles. The number of fused-ring (bicyclic) bond motifs is 1. The van der Waals surface area contributed by atoms with Gasteiger partial charge in [-0.2, -0.15) is 0 Å². The molecule has 5 heteroatoms. The molecule has 0 bridgehead atoms. The van der Waals surface area contributed by atoms with Gasteiger partial charge >= 0.3 is 0 Å². The minimum atomic E-state index is -0.184. The Morgan fingerprint density at radius 2 is 2.45 bits per heavy atom. The number of nitrogens with zero attached hydrogens (tertiary/aromatic N) is 2. The molecule has 0 spiro atoms. The lowest BCUT2D eigenvalue weighted by Gasteiger charge is -1.91. The Balaban J connectivity index is 3.06. The number of hydrogen-bond donors (Lipinski definition) is 2. The number of nitrogen functional groups attached to an aromatic ring is 1. The van der Waals surface area contributed by atoms with E-state index in [0.717, 1.165) is 0 Å². The topological polar surface area (TPSA) is 76.2 Å². The standard InChI is InChI=1S/C6H6N4O/c7-6-9-3-4-5(11)8-1-2-10(4)6/h1-3H,(H2,7,9)(H,8,11). The van der Waals surface area contributed by atoms with E-state index in [-0.39, 0.29) is 5.56 Å². The number of aromatic nitrogens is 3. The molecule has 3 N–H and O–H groups in total. The summed E-state index contributed by atoms with van der Waals surface area (Å²) in [6.45, 7) is 0. The summed E-state index contributed by atoms with van der Waals surface area (Å²) in [5.74, 6) is 0.325. The normalized spacial score (nSPS) is 10.5. The van der Waals surface area contributed by atoms with Gasteiger partial charge in [0.05, 0.1) is 6.20 Å². The zero-order valence-electron chi connectivity index (χ0n) is 5.61. The van der Waals surface area contributed by atoms with Crippen molar-refractivity contribution >= 4 is 11.5 Å². The van der Waals surface area contributed by atoms with Crippen LogP contribution < -0.4 is 11.3 Å². The Hall–Kier alpha value is -1.78. The van der Waals surface area contributed by atoms with Gasteiger partial charge in [0.1, 0.15) is 5.52 Å². The molecular formula is C6H6N4O. The second-order valence-corrected chi connectivity index (χ2v) is 2.16. The molecule has 0 saturated heterocycles. The molecule has 0 saturated carbocycles. The van der Waals surface area contributed by atoms with E-state index in [1.165, 1.54) is 16.8 Å². The molecule has 2 aromatic rings. The van der Waals surface area contributed by atoms with Crippen molar-refractivity contribution in [2.24, 2.45) is 0 Å². The van der Waals surface area contributed by atoms with Crippen LogP contribution in [0.15, 0.2) is 23.4 Å². The Labute approximate surface area is 61.5 Å². The van der Waals surface area contributed by atoms with Gasteiger partial charge in [0.25, 0.3) is 5.56 Å². The van der Waals surface area contributed by atoms with Crippen LogP contribution in [-0.4, -0.2) is 14.4 Å². The van der Waals surface area contributed by atoms with E-state index in [0.29, 0.717) is 11.5 Å². The average molecular weight is 150 g/mol. The van der Waals surface area contributed by atoms with Crippen molar-refractivity contribution in [3.05, 3.63) is 28.9 Å². The molecule has 0 aliphatic carbocycles. The molecule has 0 aliphatic heterocycles. The fourth-order valence-electron chi connectivity index (χ4n) is 0.961. The lowest BCUT2D eigenvalue weighted by Crippen LogP contribution is -2.08. The van der Waals surface area contributed by atoms with E-state index in [2.05, 4.69) is 9.97 Å². The van der Waals surface area contributed by atoms with Gasteiger partial charge < -0.3 is 10.7 Å². The number of H-pyrrole nitrogens is 1. The Bertz CT molecular complexity index is 441. The first kappa shape index (κ1) is 5.96. The highest BCUT2D eigenvalue weighted by molar-refractivity contribution is 5.47. The van der Waals surface area contributed by atoms with Crippen LogP contribution in [0.1, 0.15) is 0 Å². The summed E-state index contributed by atoms with van der Waals surface area (Å²) in [7, 11) is 0. The van der Waals surface area contributed by atoms with Crippen LogP contribution in [0.25, 0.3) is 5.52 Å². The van der Waals surface area contributed by atoms with Gasteiger partial charge in [-0.25, -0.2) is 4.98 Å². The third-order valence-electron chi connectivity index (χ3n) is 1.50. The molecule has 11 heavy (non-hydrogen) atoms. The zero-order valence-corrected chi connectivity index (χ0v) is 5.61. The van der Waals surface area contributed by atoms with E-state index in [1.807, 2.05) is 0 Å². The average Bonchev–Trinajstić information content (AvgIpc) is 2.35. The molecule has 0 amide bonds. The van der Waals surface area contributed by atoms with E-state index >= 15 is 0 Å². The third kappa shape index (κ3) is 0.706. The van der Waals surface area contributed by atoms with E-state index in [9.17, 15) is 4.79 Å². The number of aromatic amines is 1. The first-order valence-electron chi connectivity index (χ1n) is 3.09. The van der Waals surface area contributed by atoms with Gasteiger partial charge in [-0.3, -0.25) is 9.20 Å². The molecule has 5 nitrogen and oxygen atoms in total. The molecule has 0 atom stereocenters. The van der Waals surface area contributed by atoms with Crippen LogP contribution in [0.3, 0.4) is 0 Å². The highest BCUT2D eigenvalue weighted by atomic mass is 16.1. The number of rotatable bonds is 0. The lowest BCUT2D eigenvalue weighted by molar-refractivity contribution is 1.10. The Morgan fingerprint density at radius 1 is 1.64 bits per heavy atom. The van der Waals surface area contributed by atoms with Crippen molar-refractivity contribution in [1.82, 2.24) is 14.4 Å². The van der Waals surface area contributed by atoms with Crippen LogP contribution in [0.4, 0.5) is 5.95 Å². The predicted molar refractivity (Wildman–Crippen MR) is 40.2 cm³/mol. The number of anilines is 1. The summed E-state index contributed by atoms with van der Waals surface area (Å²) in [4.78, 5) is 17.3. The van der Waals surface area contributed by atoms with E-state index in [1.54, 1.807) is 6.20 Å². The number of nitrogens with one attached hydrogen (secondary N) is 1. The van der Waals surface area contributed by atoms with Crippen LogP contribution in [0.5, 0.6) is 0 Å². The molecule has 56 valence electrons. The van der Waals surface area contributed by atoms with Crippen molar-refractivity contribution in [3.8, 4) is 0 Å². The molecule has 0 aliphatic rings. The summed E-state index contributed by atoms with van der Waals surface area (Å²) in [6.07, 6.45) is 4.61. The summed E-state index contributed by atoms with van der Waals surface area (Å²) < 4.78 is 1.53. The highest BCUT2D eigenvalue weighted by Gasteiger charge is 1.99. The summed E-state index contributed by atoms with van der Waals surface area (Å²) in [6, 6.07) is 0. The number of hydrogen-bond acceptors (Lipinski definition) is 3. The second kappa shape index (κ2) is 1.85. The van der Waals surface area contributed by atoms with E-state index in [4.69, 9.17) is 5.73 Å². The summed E-state index contributed by atoms with van der Waals surface area (Å²) in [5, 5.41) is 0. The van der Waals surface area contributed by atoms with Gasteiger partial charge in [-0.15, -0.1) is 0 Å². The largest absolute Gasteiger partial charge is 0.369 e. The number of imidazole rings is 1. The summed E-state index contributed by atoms with van der Waals surface area (Å²) >= 11 is 0. The van der Waals surface area contributed by atoms with Gasteiger partial charge in [0.2, 0.25) is 5.95 Å². The van der Waals surface area contributed by atoms with Crippen LogP contribution in [0, 0.1) is 0 Å². The molecule has 2 rings (SSSR count). The van der Waals surface area contributed by atoms with Crippen molar-refractivity contribution in [1.29, 1.82) is 0 Å². The van der Waals surface area contributed by atoms with Crippen LogP contribution in [-0.2, 0) is 0 Å². The van der Waals surface area contributed by atoms with E-state index < -0.39 is 0 Å². The Morgan fingerprint density at radius 3 is 3.18 bits per heavy atom. The van der Waals surface area contributed by atoms with Gasteiger partial charge in [-0.1, -0.05) is 0 Å². The lowest BCUT2D eigenvalue weighted by atomic mass is 10.6. The third-order valence-corrected chi connectivity index (χ3v) is 1.50.